The number of methoxy groups -OCH3 is 1. The van der Waals surface area contributed by atoms with Crippen LogP contribution in [-0.2, 0) is 19.3 Å². The van der Waals surface area contributed by atoms with Crippen molar-refractivity contribution >= 4 is 26.6 Å². The Kier molecular flexibility index (Phi) is 4.48. The highest BCUT2D eigenvalue weighted by Crippen LogP contribution is 2.52. The highest BCUT2D eigenvalue weighted by molar-refractivity contribution is 7.91. The molecule has 0 spiro atoms. The first-order chi connectivity index (χ1) is 14.4. The minimum absolute atomic E-state index is 0.507. The fraction of sp³-hybridized carbons (Fsp3) is 0.429. The lowest BCUT2D eigenvalue weighted by Gasteiger charge is -2.29. The largest absolute Gasteiger partial charge is 0.497 e. The van der Waals surface area contributed by atoms with Crippen LogP contribution in [0.5, 0.6) is 5.75 Å². The average Bonchev–Trinajstić information content (AvgIpc) is 3.45. The number of morpholine rings is 1. The quantitative estimate of drug-likeness (QED) is 0.667. The molecule has 0 unspecified atom stereocenters. The van der Waals surface area contributed by atoms with Gasteiger partial charge in [0, 0.05) is 54.1 Å². The van der Waals surface area contributed by atoms with Crippen molar-refractivity contribution in [3.63, 3.8) is 0 Å². The third-order valence-corrected chi connectivity index (χ3v) is 8.08. The minimum atomic E-state index is -3.30. The normalized spacial score (nSPS) is 18.5. The summed E-state index contributed by atoms with van der Waals surface area (Å²) in [5, 5.41) is 0.963. The van der Waals surface area contributed by atoms with Crippen LogP contribution in [0.1, 0.15) is 18.5 Å². The van der Waals surface area contributed by atoms with Crippen LogP contribution in [0, 0.1) is 0 Å². The van der Waals surface area contributed by atoms with Gasteiger partial charge in [-0.3, -0.25) is 0 Å². The van der Waals surface area contributed by atoms with Crippen LogP contribution in [-0.4, -0.2) is 63.0 Å². The molecule has 1 aromatic carbocycles. The number of sulfone groups is 1. The van der Waals surface area contributed by atoms with Gasteiger partial charge in [0.15, 0.2) is 15.7 Å². The van der Waals surface area contributed by atoms with Gasteiger partial charge in [0.25, 0.3) is 0 Å². The molecule has 1 saturated heterocycles. The summed E-state index contributed by atoms with van der Waals surface area (Å²) in [6.45, 7) is 2.65. The molecule has 3 aromatic rings. The molecule has 30 heavy (non-hydrogen) atoms. The van der Waals surface area contributed by atoms with E-state index < -0.39 is 14.6 Å². The molecule has 1 aliphatic heterocycles. The summed E-state index contributed by atoms with van der Waals surface area (Å²) in [5.41, 5.74) is 2.30. The Labute approximate surface area is 175 Å². The molecule has 0 amide bonds. The Balaban J connectivity index is 1.72. The zero-order valence-corrected chi connectivity index (χ0v) is 17.8. The van der Waals surface area contributed by atoms with E-state index in [1.807, 2.05) is 30.5 Å². The summed E-state index contributed by atoms with van der Waals surface area (Å²) >= 11 is 0. The number of rotatable bonds is 5. The second-order valence-corrected chi connectivity index (χ2v) is 10.2. The first-order valence-corrected chi connectivity index (χ1v) is 11.9. The summed E-state index contributed by atoms with van der Waals surface area (Å²) in [7, 11) is -1.68. The lowest BCUT2D eigenvalue weighted by Crippen LogP contribution is -2.37. The third kappa shape index (κ3) is 3.13. The van der Waals surface area contributed by atoms with E-state index in [1.54, 1.807) is 7.11 Å². The smallest absolute Gasteiger partial charge is 0.162 e. The van der Waals surface area contributed by atoms with E-state index >= 15 is 0 Å². The van der Waals surface area contributed by atoms with Crippen molar-refractivity contribution in [1.29, 1.82) is 0 Å². The van der Waals surface area contributed by atoms with Crippen LogP contribution in [0.2, 0.25) is 0 Å². The van der Waals surface area contributed by atoms with E-state index in [1.165, 1.54) is 6.26 Å². The van der Waals surface area contributed by atoms with Crippen molar-refractivity contribution in [1.82, 2.24) is 15.0 Å². The Morgan fingerprint density at radius 1 is 1.17 bits per heavy atom. The highest BCUT2D eigenvalue weighted by Gasteiger charge is 2.55. The summed E-state index contributed by atoms with van der Waals surface area (Å²) in [6, 6.07) is 7.64. The van der Waals surface area contributed by atoms with Gasteiger partial charge in [-0.25, -0.2) is 18.4 Å². The standard InChI is InChI=1S/C21H24N4O4S/c1-28-14-11-16(15-3-6-22-17(15)12-14)20-23-18(21(4-5-21)30(2,26)27)13-19(24-20)25-7-9-29-10-8-25/h3,6,11-13,22H,4-5,7-10H2,1-2H3. The van der Waals surface area contributed by atoms with Gasteiger partial charge >= 0.3 is 0 Å². The predicted octanol–water partition coefficient (Wildman–Crippen LogP) is 2.50. The monoisotopic (exact) mass is 428 g/mol. The molecule has 0 atom stereocenters. The van der Waals surface area contributed by atoms with E-state index in [-0.39, 0.29) is 0 Å². The Morgan fingerprint density at radius 2 is 1.93 bits per heavy atom. The number of aromatic nitrogens is 3. The van der Waals surface area contributed by atoms with Crippen LogP contribution in [0.25, 0.3) is 22.3 Å². The van der Waals surface area contributed by atoms with Gasteiger partial charge in [0.05, 0.1) is 26.0 Å². The van der Waals surface area contributed by atoms with Crippen molar-refractivity contribution in [2.45, 2.75) is 17.6 Å². The molecule has 0 radical (unpaired) electrons. The predicted molar refractivity (Wildman–Crippen MR) is 115 cm³/mol. The number of hydrogen-bond acceptors (Lipinski definition) is 7. The van der Waals surface area contributed by atoms with Gasteiger partial charge < -0.3 is 19.4 Å². The van der Waals surface area contributed by atoms with Crippen molar-refractivity contribution < 1.29 is 17.9 Å². The Bertz CT molecular complexity index is 1210. The zero-order valence-electron chi connectivity index (χ0n) is 17.0. The number of H-pyrrole nitrogens is 1. The molecular weight excluding hydrogens is 404 g/mol. The number of nitrogens with zero attached hydrogens (tertiary/aromatic N) is 3. The summed E-state index contributed by atoms with van der Waals surface area (Å²) in [6.07, 6.45) is 4.33. The number of nitrogens with one attached hydrogen (secondary N) is 1. The molecule has 5 rings (SSSR count). The first-order valence-electron chi connectivity index (χ1n) is 9.99. The highest BCUT2D eigenvalue weighted by atomic mass is 32.2. The second-order valence-electron chi connectivity index (χ2n) is 7.91. The van der Waals surface area contributed by atoms with Gasteiger partial charge in [-0.05, 0) is 25.0 Å². The molecule has 2 aliphatic rings. The molecule has 9 heteroatoms. The maximum Gasteiger partial charge on any atom is 0.162 e. The molecule has 8 nitrogen and oxygen atoms in total. The SMILES string of the molecule is COc1cc(-c2nc(N3CCOCC3)cc(C3(S(C)(=O)=O)CC3)n2)c2cc[nH]c2c1. The van der Waals surface area contributed by atoms with Crippen LogP contribution < -0.4 is 9.64 Å². The molecule has 2 aromatic heterocycles. The Hall–Kier alpha value is -2.65. The number of anilines is 1. The number of fused-ring (bicyclic) bond motifs is 1. The summed E-state index contributed by atoms with van der Waals surface area (Å²) < 4.78 is 35.2. The maximum absolute atomic E-state index is 12.6. The molecule has 2 fully saturated rings. The maximum atomic E-state index is 12.6. The van der Waals surface area contributed by atoms with Gasteiger partial charge in [-0.2, -0.15) is 0 Å². The van der Waals surface area contributed by atoms with Crippen molar-refractivity contribution in [3.8, 4) is 17.1 Å². The van der Waals surface area contributed by atoms with E-state index in [9.17, 15) is 8.42 Å². The van der Waals surface area contributed by atoms with E-state index in [0.29, 0.717) is 56.4 Å². The van der Waals surface area contributed by atoms with Crippen molar-refractivity contribution in [2.24, 2.45) is 0 Å². The van der Waals surface area contributed by atoms with Crippen LogP contribution >= 0.6 is 0 Å². The molecular formula is C21H24N4O4S. The van der Waals surface area contributed by atoms with Gasteiger partial charge in [0.1, 0.15) is 16.3 Å². The second kappa shape index (κ2) is 6.95. The lowest BCUT2D eigenvalue weighted by molar-refractivity contribution is 0.122. The van der Waals surface area contributed by atoms with Crippen LogP contribution in [0.3, 0.4) is 0 Å². The molecule has 1 aliphatic carbocycles. The topological polar surface area (TPSA) is 97.4 Å². The van der Waals surface area contributed by atoms with E-state index in [4.69, 9.17) is 19.4 Å². The van der Waals surface area contributed by atoms with Crippen molar-refractivity contribution in [2.75, 3.05) is 44.6 Å². The van der Waals surface area contributed by atoms with E-state index in [2.05, 4.69) is 9.88 Å². The summed E-state index contributed by atoms with van der Waals surface area (Å²) in [5.74, 6) is 1.93. The van der Waals surface area contributed by atoms with E-state index in [0.717, 1.165) is 22.3 Å². The van der Waals surface area contributed by atoms with Crippen LogP contribution in [0.4, 0.5) is 5.82 Å². The average molecular weight is 429 g/mol. The molecule has 0 bridgehead atoms. The minimum Gasteiger partial charge on any atom is -0.497 e. The fourth-order valence-electron chi connectivity index (χ4n) is 4.12. The molecule has 1 saturated carbocycles. The third-order valence-electron chi connectivity index (χ3n) is 6.05. The molecule has 1 N–H and O–H groups in total. The summed E-state index contributed by atoms with van der Waals surface area (Å²) in [4.78, 5) is 15.0. The van der Waals surface area contributed by atoms with Gasteiger partial charge in [-0.15, -0.1) is 0 Å². The number of benzene rings is 1. The van der Waals surface area contributed by atoms with Gasteiger partial charge in [-0.1, -0.05) is 0 Å². The lowest BCUT2D eigenvalue weighted by atomic mass is 10.1. The zero-order chi connectivity index (χ0) is 20.9. The molecule has 3 heterocycles. The number of aromatic amines is 1. The molecule has 158 valence electrons. The van der Waals surface area contributed by atoms with Crippen molar-refractivity contribution in [3.05, 3.63) is 36.2 Å². The Morgan fingerprint density at radius 3 is 2.60 bits per heavy atom. The first kappa shape index (κ1) is 19.3. The fourth-order valence-corrected chi connectivity index (χ4v) is 5.44. The van der Waals surface area contributed by atoms with Gasteiger partial charge in [0.2, 0.25) is 0 Å². The number of hydrogen-bond donors (Lipinski definition) is 1. The van der Waals surface area contributed by atoms with Crippen LogP contribution in [0.15, 0.2) is 30.5 Å². The number of ether oxygens (including phenoxy) is 2.